The van der Waals surface area contributed by atoms with E-state index < -0.39 is 23.9 Å². The van der Waals surface area contributed by atoms with E-state index in [0.717, 1.165) is 11.1 Å². The number of methoxy groups -OCH3 is 1. The number of carbonyl (C=O) groups is 2. The predicted octanol–water partition coefficient (Wildman–Crippen LogP) is 3.63. The van der Waals surface area contributed by atoms with E-state index in [-0.39, 0.29) is 17.3 Å². The molecule has 0 aromatic heterocycles. The fourth-order valence-electron chi connectivity index (χ4n) is 2.65. The molecule has 0 aliphatic heterocycles. The van der Waals surface area contributed by atoms with Crippen molar-refractivity contribution in [3.8, 4) is 11.5 Å². The summed E-state index contributed by atoms with van der Waals surface area (Å²) in [6.07, 6.45) is -0.206. The number of hydrogen-bond donors (Lipinski definition) is 2. The lowest BCUT2D eigenvalue weighted by atomic mass is 9.80. The van der Waals surface area contributed by atoms with Crippen molar-refractivity contribution in [3.05, 3.63) is 23.3 Å². The summed E-state index contributed by atoms with van der Waals surface area (Å²) in [7, 11) is 1.53. The van der Waals surface area contributed by atoms with Crippen LogP contribution in [0.25, 0.3) is 0 Å². The molecule has 1 aromatic rings. The average Bonchev–Trinajstić information content (AvgIpc) is 2.51. The van der Waals surface area contributed by atoms with Gasteiger partial charge in [-0.15, -0.1) is 0 Å². The molecular weight excluding hydrogens is 346 g/mol. The van der Waals surface area contributed by atoms with Crippen molar-refractivity contribution in [2.75, 3.05) is 7.11 Å². The summed E-state index contributed by atoms with van der Waals surface area (Å²) in [6, 6.07) is 2.85. The van der Waals surface area contributed by atoms with Crippen molar-refractivity contribution in [1.29, 1.82) is 0 Å². The van der Waals surface area contributed by atoms with Crippen molar-refractivity contribution >= 4 is 11.9 Å². The van der Waals surface area contributed by atoms with Gasteiger partial charge in [0.1, 0.15) is 6.04 Å². The number of ether oxygens (including phenoxy) is 2. The van der Waals surface area contributed by atoms with Gasteiger partial charge in [-0.25, -0.2) is 4.79 Å². The first-order valence-electron chi connectivity index (χ1n) is 9.10. The predicted molar refractivity (Wildman–Crippen MR) is 105 cm³/mol. The van der Waals surface area contributed by atoms with Crippen molar-refractivity contribution in [1.82, 2.24) is 0 Å². The van der Waals surface area contributed by atoms with E-state index in [1.54, 1.807) is 6.92 Å². The maximum atomic E-state index is 12.6. The molecule has 1 rings (SSSR count). The number of hydrogen-bond acceptors (Lipinski definition) is 5. The van der Waals surface area contributed by atoms with Gasteiger partial charge in [0, 0.05) is 12.0 Å². The summed E-state index contributed by atoms with van der Waals surface area (Å²) in [6.45, 7) is 14.0. The summed E-state index contributed by atoms with van der Waals surface area (Å²) >= 11 is 0. The Morgan fingerprint density at radius 3 is 2.07 bits per heavy atom. The molecule has 1 aromatic carbocycles. The van der Waals surface area contributed by atoms with E-state index in [2.05, 4.69) is 20.8 Å². The summed E-state index contributed by atoms with van der Waals surface area (Å²) in [5.74, 6) is -1.43. The van der Waals surface area contributed by atoms with Crippen LogP contribution in [0.3, 0.4) is 0 Å². The highest BCUT2D eigenvalue weighted by Gasteiger charge is 2.31. The second kappa shape index (κ2) is 8.30. The van der Waals surface area contributed by atoms with Gasteiger partial charge < -0.3 is 20.3 Å². The molecule has 0 amide bonds. The third-order valence-electron chi connectivity index (χ3n) is 4.53. The Morgan fingerprint density at radius 1 is 1.11 bits per heavy atom. The van der Waals surface area contributed by atoms with Gasteiger partial charge in [-0.3, -0.25) is 4.79 Å². The number of nitrogens with two attached hydrogens (primary N) is 1. The molecule has 0 radical (unpaired) electrons. The number of rotatable bonds is 6. The van der Waals surface area contributed by atoms with Gasteiger partial charge in [-0.1, -0.05) is 54.5 Å². The summed E-state index contributed by atoms with van der Waals surface area (Å²) < 4.78 is 11.2. The molecule has 27 heavy (non-hydrogen) atoms. The van der Waals surface area contributed by atoms with Gasteiger partial charge >= 0.3 is 11.9 Å². The fourth-order valence-corrected chi connectivity index (χ4v) is 2.65. The highest BCUT2D eigenvalue weighted by Crippen LogP contribution is 2.42. The maximum absolute atomic E-state index is 12.6. The second-order valence-corrected chi connectivity index (χ2v) is 9.08. The summed E-state index contributed by atoms with van der Waals surface area (Å²) in [5.41, 5.74) is 7.41. The molecule has 6 nitrogen and oxygen atoms in total. The molecule has 0 aliphatic rings. The molecule has 1 unspecified atom stereocenters. The van der Waals surface area contributed by atoms with Gasteiger partial charge in [-0.05, 0) is 28.4 Å². The van der Waals surface area contributed by atoms with Crippen LogP contribution >= 0.6 is 0 Å². The normalized spacial score (nSPS) is 14.4. The van der Waals surface area contributed by atoms with Gasteiger partial charge in [-0.2, -0.15) is 0 Å². The van der Waals surface area contributed by atoms with Crippen molar-refractivity contribution in [2.45, 2.75) is 71.8 Å². The fraction of sp³-hybridized carbons (Fsp3) is 0.619. The Kier molecular flexibility index (Phi) is 7.05. The second-order valence-electron chi connectivity index (χ2n) is 9.08. The molecule has 0 saturated heterocycles. The van der Waals surface area contributed by atoms with Crippen LogP contribution in [0.2, 0.25) is 0 Å². The van der Waals surface area contributed by atoms with Gasteiger partial charge in [0.05, 0.1) is 7.11 Å². The van der Waals surface area contributed by atoms with Crippen LogP contribution in [0, 0.1) is 5.92 Å². The van der Waals surface area contributed by atoms with Crippen LogP contribution in [0.1, 0.15) is 66.0 Å². The van der Waals surface area contributed by atoms with Crippen molar-refractivity contribution < 1.29 is 24.2 Å². The van der Waals surface area contributed by atoms with E-state index in [1.807, 2.05) is 32.9 Å². The van der Waals surface area contributed by atoms with E-state index in [0.29, 0.717) is 11.5 Å². The lowest BCUT2D eigenvalue weighted by Gasteiger charge is -2.29. The van der Waals surface area contributed by atoms with Crippen molar-refractivity contribution in [2.24, 2.45) is 11.7 Å². The Balaban J connectivity index is 3.37. The molecule has 0 heterocycles. The minimum atomic E-state index is -1.04. The summed E-state index contributed by atoms with van der Waals surface area (Å²) in [4.78, 5) is 23.5. The van der Waals surface area contributed by atoms with E-state index in [4.69, 9.17) is 20.3 Å². The Morgan fingerprint density at radius 2 is 1.67 bits per heavy atom. The highest BCUT2D eigenvalue weighted by atomic mass is 16.6. The molecule has 0 bridgehead atoms. The first kappa shape index (κ1) is 23.0. The Labute approximate surface area is 162 Å². The van der Waals surface area contributed by atoms with E-state index in [9.17, 15) is 9.59 Å². The molecule has 3 N–H and O–H groups in total. The zero-order valence-electron chi connectivity index (χ0n) is 17.7. The number of aliphatic carboxylic acids is 1. The molecule has 2 atom stereocenters. The SMILES string of the molecule is COc1cc(C(C)(C)C)cc(C(C)(C)C)c1OC(=O)[C@H](N)C(C)CC(=O)O. The molecule has 0 fully saturated rings. The van der Waals surface area contributed by atoms with Crippen LogP contribution in [0.4, 0.5) is 0 Å². The van der Waals surface area contributed by atoms with Gasteiger partial charge in [0.25, 0.3) is 0 Å². The molecule has 0 aliphatic carbocycles. The zero-order chi connectivity index (χ0) is 21.2. The van der Waals surface area contributed by atoms with Crippen LogP contribution in [-0.2, 0) is 20.4 Å². The molecule has 0 spiro atoms. The number of carboxylic acid groups (broad SMARTS) is 1. The average molecular weight is 379 g/mol. The van der Waals surface area contributed by atoms with Gasteiger partial charge in [0.2, 0.25) is 0 Å². The van der Waals surface area contributed by atoms with Gasteiger partial charge in [0.15, 0.2) is 11.5 Å². The number of benzene rings is 1. The molecule has 152 valence electrons. The molecular formula is C21H33NO5. The zero-order valence-corrected chi connectivity index (χ0v) is 17.7. The van der Waals surface area contributed by atoms with E-state index >= 15 is 0 Å². The van der Waals surface area contributed by atoms with Crippen molar-refractivity contribution in [3.63, 3.8) is 0 Å². The quantitative estimate of drug-likeness (QED) is 0.578. The number of carbonyl (C=O) groups excluding carboxylic acids is 1. The first-order valence-corrected chi connectivity index (χ1v) is 9.10. The largest absolute Gasteiger partial charge is 0.493 e. The topological polar surface area (TPSA) is 98.9 Å². The number of carboxylic acids is 1. The molecule has 6 heteroatoms. The third kappa shape index (κ3) is 5.96. The summed E-state index contributed by atoms with van der Waals surface area (Å²) in [5, 5.41) is 8.92. The smallest absolute Gasteiger partial charge is 0.328 e. The monoisotopic (exact) mass is 379 g/mol. The number of esters is 1. The lowest BCUT2D eigenvalue weighted by molar-refractivity contribution is -0.140. The first-order chi connectivity index (χ1) is 12.2. The van der Waals surface area contributed by atoms with Crippen LogP contribution in [0.15, 0.2) is 12.1 Å². The Bertz CT molecular complexity index is 698. The minimum Gasteiger partial charge on any atom is -0.493 e. The lowest BCUT2D eigenvalue weighted by Crippen LogP contribution is -2.41. The molecule has 0 saturated carbocycles. The van der Waals surface area contributed by atoms with E-state index in [1.165, 1.54) is 7.11 Å². The minimum absolute atomic E-state index is 0.109. The third-order valence-corrected chi connectivity index (χ3v) is 4.53. The maximum Gasteiger partial charge on any atom is 0.328 e. The van der Waals surface area contributed by atoms with Crippen LogP contribution in [-0.4, -0.2) is 30.2 Å². The standard InChI is InChI=1S/C21H33NO5/c1-12(9-16(23)24)17(22)19(25)27-18-14(21(5,6)7)10-13(20(2,3)4)11-15(18)26-8/h10-12,17H,9,22H2,1-8H3,(H,23,24)/t12?,17-/m1/s1. The van der Waals surface area contributed by atoms with Crippen LogP contribution in [0.5, 0.6) is 11.5 Å². The Hall–Kier alpha value is -2.08. The highest BCUT2D eigenvalue weighted by molar-refractivity contribution is 5.80. The van der Waals surface area contributed by atoms with Crippen LogP contribution < -0.4 is 15.2 Å².